The highest BCUT2D eigenvalue weighted by Crippen LogP contribution is 2.36. The van der Waals surface area contributed by atoms with Crippen LogP contribution in [-0.2, 0) is 14.8 Å². The molecule has 10 nitrogen and oxygen atoms in total. The lowest BCUT2D eigenvalue weighted by molar-refractivity contribution is -0.116. The molecular formula is C26H25ClN6O4S. The molecule has 0 atom stereocenters. The lowest BCUT2D eigenvalue weighted by Gasteiger charge is -2.15. The van der Waals surface area contributed by atoms with Crippen LogP contribution in [0.5, 0.6) is 5.75 Å². The lowest BCUT2D eigenvalue weighted by Crippen LogP contribution is -2.28. The highest BCUT2D eigenvalue weighted by molar-refractivity contribution is 7.92. The Morgan fingerprint density at radius 1 is 1.03 bits per heavy atom. The number of hydrogen-bond donors (Lipinski definition) is 4. The fraction of sp³-hybridized carbons (Fsp3) is 0.192. The van der Waals surface area contributed by atoms with E-state index in [9.17, 15) is 13.2 Å². The molecule has 0 bridgehead atoms. The molecule has 5 rings (SSSR count). The number of nitrogens with two attached hydrogens (primary N) is 1. The third-order valence-corrected chi connectivity index (χ3v) is 7.73. The Balaban J connectivity index is 1.46. The number of aromatic nitrogens is 2. The van der Waals surface area contributed by atoms with Crippen LogP contribution in [0.3, 0.4) is 0 Å². The van der Waals surface area contributed by atoms with Crippen molar-refractivity contribution in [3.05, 3.63) is 71.8 Å². The minimum atomic E-state index is -4.13. The van der Waals surface area contributed by atoms with Gasteiger partial charge in [-0.25, -0.2) is 18.4 Å². The zero-order chi connectivity index (χ0) is 26.9. The molecule has 0 saturated heterocycles. The standard InChI is InChI=1S/C26H25ClN6O4S/c1-37-17-9-10-19(27)22(14-17)32-24-25(31-21-8-3-2-7-20(21)30-24)33-38(35,36)18-6-4-5-16(13-18)29-23(34)15-26(28)11-12-26/h2-10,13-14H,11-12,15,28H2,1H3,(H,29,34)(H,30,32)(H,31,33). The zero-order valence-corrected chi connectivity index (χ0v) is 21.9. The van der Waals surface area contributed by atoms with Gasteiger partial charge in [0, 0.05) is 23.7 Å². The van der Waals surface area contributed by atoms with Crippen molar-refractivity contribution in [1.82, 2.24) is 9.97 Å². The maximum atomic E-state index is 13.4. The number of carbonyl (C=O) groups is 1. The molecule has 0 radical (unpaired) electrons. The predicted octanol–water partition coefficient (Wildman–Crippen LogP) is 4.66. The van der Waals surface area contributed by atoms with Crippen molar-refractivity contribution in [1.29, 1.82) is 0 Å². The molecule has 1 aromatic heterocycles. The van der Waals surface area contributed by atoms with Crippen molar-refractivity contribution in [3.8, 4) is 5.75 Å². The van der Waals surface area contributed by atoms with Crippen LogP contribution >= 0.6 is 11.6 Å². The molecule has 4 aromatic rings. The highest BCUT2D eigenvalue weighted by atomic mass is 35.5. The Labute approximate surface area is 224 Å². The first-order chi connectivity index (χ1) is 18.1. The number of rotatable bonds is 9. The predicted molar refractivity (Wildman–Crippen MR) is 147 cm³/mol. The van der Waals surface area contributed by atoms with Gasteiger partial charge in [0.15, 0.2) is 11.6 Å². The SMILES string of the molecule is COc1ccc(Cl)c(Nc2nc3ccccc3nc2NS(=O)(=O)c2cccc(NC(=O)CC3(N)CC3)c2)c1. The van der Waals surface area contributed by atoms with Gasteiger partial charge in [-0.2, -0.15) is 0 Å². The maximum absolute atomic E-state index is 13.4. The number of sulfonamides is 1. The summed E-state index contributed by atoms with van der Waals surface area (Å²) in [6, 6.07) is 18.0. The van der Waals surface area contributed by atoms with Crippen LogP contribution in [0, 0.1) is 0 Å². The first-order valence-electron chi connectivity index (χ1n) is 11.7. The number of fused-ring (bicyclic) bond motifs is 1. The van der Waals surface area contributed by atoms with E-state index >= 15 is 0 Å². The normalized spacial score (nSPS) is 14.1. The van der Waals surface area contributed by atoms with Crippen molar-refractivity contribution in [2.45, 2.75) is 29.7 Å². The van der Waals surface area contributed by atoms with Crippen LogP contribution in [0.15, 0.2) is 71.6 Å². The molecule has 1 aliphatic rings. The molecular weight excluding hydrogens is 528 g/mol. The summed E-state index contributed by atoms with van der Waals surface area (Å²) in [4.78, 5) is 21.3. The van der Waals surface area contributed by atoms with Gasteiger partial charge in [-0.1, -0.05) is 29.8 Å². The fourth-order valence-electron chi connectivity index (χ4n) is 3.80. The largest absolute Gasteiger partial charge is 0.497 e. The number of anilines is 4. The number of amides is 1. The molecule has 38 heavy (non-hydrogen) atoms. The third-order valence-electron chi connectivity index (χ3n) is 6.06. The second-order valence-electron chi connectivity index (χ2n) is 9.10. The van der Waals surface area contributed by atoms with Gasteiger partial charge < -0.3 is 21.1 Å². The zero-order valence-electron chi connectivity index (χ0n) is 20.4. The molecule has 1 fully saturated rings. The molecule has 0 aliphatic heterocycles. The first kappa shape index (κ1) is 25.7. The van der Waals surface area contributed by atoms with E-state index in [1.165, 1.54) is 19.2 Å². The summed E-state index contributed by atoms with van der Waals surface area (Å²) >= 11 is 6.36. The summed E-state index contributed by atoms with van der Waals surface area (Å²) < 4.78 is 34.6. The minimum absolute atomic E-state index is 0.0316. The van der Waals surface area contributed by atoms with Gasteiger partial charge in [-0.15, -0.1) is 0 Å². The Bertz CT molecular complexity index is 1640. The van der Waals surface area contributed by atoms with Gasteiger partial charge in [0.05, 0.1) is 33.7 Å². The van der Waals surface area contributed by atoms with E-state index in [2.05, 4.69) is 25.3 Å². The molecule has 0 unspecified atom stereocenters. The number of nitrogens with zero attached hydrogens (tertiary/aromatic N) is 2. The molecule has 1 saturated carbocycles. The summed E-state index contributed by atoms with van der Waals surface area (Å²) in [5.74, 6) is 0.392. The van der Waals surface area contributed by atoms with Crippen molar-refractivity contribution in [2.75, 3.05) is 22.5 Å². The van der Waals surface area contributed by atoms with E-state index < -0.39 is 15.6 Å². The number of benzene rings is 3. The lowest BCUT2D eigenvalue weighted by atomic mass is 10.2. The maximum Gasteiger partial charge on any atom is 0.263 e. The molecule has 1 aliphatic carbocycles. The van der Waals surface area contributed by atoms with Gasteiger partial charge in [0.25, 0.3) is 10.0 Å². The van der Waals surface area contributed by atoms with E-state index in [1.807, 2.05) is 0 Å². The smallest absolute Gasteiger partial charge is 0.263 e. The Morgan fingerprint density at radius 2 is 1.74 bits per heavy atom. The number of ether oxygens (including phenoxy) is 1. The molecule has 1 heterocycles. The Morgan fingerprint density at radius 3 is 2.42 bits per heavy atom. The summed E-state index contributed by atoms with van der Waals surface area (Å²) in [5.41, 5.74) is 7.40. The average Bonchev–Trinajstić information content (AvgIpc) is 3.61. The Kier molecular flexibility index (Phi) is 6.82. The van der Waals surface area contributed by atoms with Crippen LogP contribution in [-0.4, -0.2) is 36.9 Å². The van der Waals surface area contributed by atoms with Crippen molar-refractivity contribution < 1.29 is 17.9 Å². The number of hydrogen-bond acceptors (Lipinski definition) is 8. The second-order valence-corrected chi connectivity index (χ2v) is 11.2. The van der Waals surface area contributed by atoms with Crippen LogP contribution in [0.2, 0.25) is 5.02 Å². The van der Waals surface area contributed by atoms with Crippen LogP contribution in [0.1, 0.15) is 19.3 Å². The van der Waals surface area contributed by atoms with Crippen LogP contribution in [0.4, 0.5) is 23.0 Å². The quantitative estimate of drug-likeness (QED) is 0.234. The number of methoxy groups -OCH3 is 1. The van der Waals surface area contributed by atoms with Gasteiger partial charge in [0.2, 0.25) is 5.91 Å². The second kappa shape index (κ2) is 10.1. The number of halogens is 1. The van der Waals surface area contributed by atoms with E-state index in [-0.39, 0.29) is 28.9 Å². The molecule has 5 N–H and O–H groups in total. The summed E-state index contributed by atoms with van der Waals surface area (Å²) in [6.07, 6.45) is 1.77. The number of nitrogens with one attached hydrogen (secondary N) is 3. The number of carbonyl (C=O) groups excluding carboxylic acids is 1. The van der Waals surface area contributed by atoms with Gasteiger partial charge in [-0.3, -0.25) is 9.52 Å². The van der Waals surface area contributed by atoms with E-state index in [0.29, 0.717) is 33.2 Å². The van der Waals surface area contributed by atoms with Crippen molar-refractivity contribution in [3.63, 3.8) is 0 Å². The summed E-state index contributed by atoms with van der Waals surface area (Å²) in [7, 11) is -2.60. The molecule has 196 valence electrons. The number of para-hydroxylation sites is 2. The van der Waals surface area contributed by atoms with Crippen LogP contribution < -0.4 is 25.8 Å². The van der Waals surface area contributed by atoms with E-state index in [4.69, 9.17) is 22.1 Å². The van der Waals surface area contributed by atoms with E-state index in [0.717, 1.165) is 12.8 Å². The first-order valence-corrected chi connectivity index (χ1v) is 13.6. The summed E-state index contributed by atoms with van der Waals surface area (Å²) in [5, 5.41) is 6.17. The van der Waals surface area contributed by atoms with Gasteiger partial charge in [-0.05, 0) is 55.3 Å². The fourth-order valence-corrected chi connectivity index (χ4v) is 5.02. The molecule has 0 spiro atoms. The molecule has 3 aromatic carbocycles. The van der Waals surface area contributed by atoms with Crippen LogP contribution in [0.25, 0.3) is 11.0 Å². The molecule has 12 heteroatoms. The monoisotopic (exact) mass is 552 g/mol. The third kappa shape index (κ3) is 5.80. The van der Waals surface area contributed by atoms with Crippen molar-refractivity contribution >= 4 is 61.6 Å². The molecule has 1 amide bonds. The van der Waals surface area contributed by atoms with E-state index in [1.54, 1.807) is 54.6 Å². The minimum Gasteiger partial charge on any atom is -0.497 e. The topological polar surface area (TPSA) is 148 Å². The van der Waals surface area contributed by atoms with Gasteiger partial charge >= 0.3 is 0 Å². The van der Waals surface area contributed by atoms with Crippen molar-refractivity contribution in [2.24, 2.45) is 5.73 Å². The Hall–Kier alpha value is -3.93. The average molecular weight is 553 g/mol. The highest BCUT2D eigenvalue weighted by Gasteiger charge is 2.40. The van der Waals surface area contributed by atoms with Gasteiger partial charge in [0.1, 0.15) is 5.75 Å². The summed E-state index contributed by atoms with van der Waals surface area (Å²) in [6.45, 7) is 0.